The van der Waals surface area contributed by atoms with Crippen LogP contribution in [0.4, 0.5) is 0 Å². The number of carbonyl (C=O) groups excluding carboxylic acids is 2. The van der Waals surface area contributed by atoms with E-state index in [0.717, 1.165) is 4.47 Å². The Labute approximate surface area is 120 Å². The number of rotatable bonds is 2. The maximum Gasteiger partial charge on any atom is 0.255 e. The minimum Gasteiger partial charge on any atom is -0.336 e. The van der Waals surface area contributed by atoms with Crippen molar-refractivity contribution in [3.63, 3.8) is 0 Å². The lowest BCUT2D eigenvalue weighted by Gasteiger charge is -2.34. The third kappa shape index (κ3) is 3.20. The molecule has 0 aliphatic carbocycles. The van der Waals surface area contributed by atoms with Gasteiger partial charge in [-0.25, -0.2) is 0 Å². The number of hydrogen-bond donors (Lipinski definition) is 0. The molecule has 6 heteroatoms. The van der Waals surface area contributed by atoms with Gasteiger partial charge in [-0.05, 0) is 28.1 Å². The molecule has 0 N–H and O–H groups in total. The highest BCUT2D eigenvalue weighted by Crippen LogP contribution is 2.13. The second-order valence-electron chi connectivity index (χ2n) is 4.21. The van der Waals surface area contributed by atoms with Crippen molar-refractivity contribution < 1.29 is 9.59 Å². The van der Waals surface area contributed by atoms with E-state index in [2.05, 4.69) is 27.5 Å². The molecule has 0 unspecified atom stereocenters. The van der Waals surface area contributed by atoms with Crippen LogP contribution in [-0.2, 0) is 4.79 Å². The smallest absolute Gasteiger partial charge is 0.255 e. The monoisotopic (exact) mass is 323 g/mol. The maximum absolute atomic E-state index is 12.2. The molecule has 0 aromatic carbocycles. The van der Waals surface area contributed by atoms with Crippen molar-refractivity contribution >= 4 is 27.7 Å². The molecule has 0 radical (unpaired) electrons. The summed E-state index contributed by atoms with van der Waals surface area (Å²) < 4.78 is 0.777. The van der Waals surface area contributed by atoms with Crippen LogP contribution in [-0.4, -0.2) is 52.8 Å². The van der Waals surface area contributed by atoms with Gasteiger partial charge in [-0.2, -0.15) is 0 Å². The highest BCUT2D eigenvalue weighted by Gasteiger charge is 2.23. The number of halogens is 1. The van der Waals surface area contributed by atoms with Crippen LogP contribution in [0.1, 0.15) is 10.4 Å². The summed E-state index contributed by atoms with van der Waals surface area (Å²) in [6.07, 6.45) is 4.49. The predicted molar refractivity (Wildman–Crippen MR) is 74.6 cm³/mol. The van der Waals surface area contributed by atoms with Crippen LogP contribution in [0.15, 0.2) is 35.6 Å². The maximum atomic E-state index is 12.2. The lowest BCUT2D eigenvalue weighted by molar-refractivity contribution is -0.127. The van der Waals surface area contributed by atoms with Crippen molar-refractivity contribution in [2.75, 3.05) is 26.2 Å². The number of carbonyl (C=O) groups is 2. The van der Waals surface area contributed by atoms with Crippen molar-refractivity contribution in [1.29, 1.82) is 0 Å². The van der Waals surface area contributed by atoms with E-state index in [-0.39, 0.29) is 11.8 Å². The molecule has 1 aromatic rings. The normalized spacial score (nSPS) is 15.2. The van der Waals surface area contributed by atoms with Gasteiger partial charge in [0.05, 0.1) is 5.56 Å². The second kappa shape index (κ2) is 5.97. The lowest BCUT2D eigenvalue weighted by atomic mass is 10.2. The number of nitrogens with zero attached hydrogens (tertiary/aromatic N) is 3. The highest BCUT2D eigenvalue weighted by atomic mass is 79.9. The highest BCUT2D eigenvalue weighted by molar-refractivity contribution is 9.10. The van der Waals surface area contributed by atoms with Crippen LogP contribution in [0.2, 0.25) is 0 Å². The Morgan fingerprint density at radius 3 is 2.42 bits per heavy atom. The van der Waals surface area contributed by atoms with Gasteiger partial charge in [-0.15, -0.1) is 0 Å². The summed E-state index contributed by atoms with van der Waals surface area (Å²) in [4.78, 5) is 31.1. The average Bonchev–Trinajstić information content (AvgIpc) is 2.46. The molecule has 1 fully saturated rings. The molecule has 0 saturated carbocycles. The summed E-state index contributed by atoms with van der Waals surface area (Å²) in [5, 5.41) is 0. The summed E-state index contributed by atoms with van der Waals surface area (Å²) in [6.45, 7) is 5.61. The molecule has 2 amide bonds. The molecule has 5 nitrogen and oxygen atoms in total. The van der Waals surface area contributed by atoms with Crippen molar-refractivity contribution in [3.05, 3.63) is 41.2 Å². The molecule has 19 heavy (non-hydrogen) atoms. The first-order chi connectivity index (χ1) is 9.11. The van der Waals surface area contributed by atoms with Gasteiger partial charge in [0.15, 0.2) is 0 Å². The van der Waals surface area contributed by atoms with Gasteiger partial charge in [0.1, 0.15) is 0 Å². The summed E-state index contributed by atoms with van der Waals surface area (Å²) >= 11 is 3.30. The van der Waals surface area contributed by atoms with Crippen molar-refractivity contribution in [2.24, 2.45) is 0 Å². The first-order valence-corrected chi connectivity index (χ1v) is 6.72. The van der Waals surface area contributed by atoms with E-state index < -0.39 is 0 Å². The molecule has 1 saturated heterocycles. The third-order valence-corrected chi connectivity index (χ3v) is 3.44. The molecule has 0 atom stereocenters. The van der Waals surface area contributed by atoms with E-state index in [1.807, 2.05) is 0 Å². The SMILES string of the molecule is C=CC(=O)N1CCN(C(=O)c2cncc(Br)c2)CC1. The molecule has 2 heterocycles. The van der Waals surface area contributed by atoms with E-state index in [4.69, 9.17) is 0 Å². The lowest BCUT2D eigenvalue weighted by Crippen LogP contribution is -2.50. The van der Waals surface area contributed by atoms with E-state index in [9.17, 15) is 9.59 Å². The number of amides is 2. The fourth-order valence-corrected chi connectivity index (χ4v) is 2.34. The molecule has 1 aliphatic rings. The zero-order valence-corrected chi connectivity index (χ0v) is 12.0. The van der Waals surface area contributed by atoms with Gasteiger partial charge in [-0.3, -0.25) is 14.6 Å². The number of piperazine rings is 1. The Balaban J connectivity index is 2.00. The Morgan fingerprint density at radius 2 is 1.84 bits per heavy atom. The number of pyridine rings is 1. The molecule has 0 bridgehead atoms. The van der Waals surface area contributed by atoms with Gasteiger partial charge in [0.2, 0.25) is 5.91 Å². The van der Waals surface area contributed by atoms with Gasteiger partial charge in [0, 0.05) is 43.0 Å². The van der Waals surface area contributed by atoms with Crippen LogP contribution >= 0.6 is 15.9 Å². The molecule has 1 aromatic heterocycles. The largest absolute Gasteiger partial charge is 0.336 e. The summed E-state index contributed by atoms with van der Waals surface area (Å²) in [6, 6.07) is 1.75. The molecular formula is C13H14BrN3O2. The summed E-state index contributed by atoms with van der Waals surface area (Å²) in [7, 11) is 0. The van der Waals surface area contributed by atoms with Gasteiger partial charge in [0.25, 0.3) is 5.91 Å². The van der Waals surface area contributed by atoms with Crippen molar-refractivity contribution in [3.8, 4) is 0 Å². The molecule has 100 valence electrons. The van der Waals surface area contributed by atoms with E-state index >= 15 is 0 Å². The first-order valence-electron chi connectivity index (χ1n) is 5.93. The zero-order valence-electron chi connectivity index (χ0n) is 10.4. The predicted octanol–water partition coefficient (Wildman–Crippen LogP) is 1.31. The Hall–Kier alpha value is -1.69. The Morgan fingerprint density at radius 1 is 1.21 bits per heavy atom. The van der Waals surface area contributed by atoms with Crippen molar-refractivity contribution in [2.45, 2.75) is 0 Å². The molecule has 2 rings (SSSR count). The average molecular weight is 324 g/mol. The van der Waals surface area contributed by atoms with Crippen LogP contribution in [0.5, 0.6) is 0 Å². The topological polar surface area (TPSA) is 53.5 Å². The zero-order chi connectivity index (χ0) is 13.8. The molecule has 1 aliphatic heterocycles. The van der Waals surface area contributed by atoms with E-state index in [1.54, 1.807) is 28.3 Å². The van der Waals surface area contributed by atoms with Gasteiger partial charge >= 0.3 is 0 Å². The third-order valence-electron chi connectivity index (χ3n) is 3.01. The number of hydrogen-bond acceptors (Lipinski definition) is 3. The second-order valence-corrected chi connectivity index (χ2v) is 5.13. The fourth-order valence-electron chi connectivity index (χ4n) is 1.97. The minimum absolute atomic E-state index is 0.0560. The molecule has 0 spiro atoms. The summed E-state index contributed by atoms with van der Waals surface area (Å²) in [5.41, 5.74) is 0.554. The van der Waals surface area contributed by atoms with Crippen LogP contribution in [0, 0.1) is 0 Å². The summed E-state index contributed by atoms with van der Waals surface area (Å²) in [5.74, 6) is -0.143. The van der Waals surface area contributed by atoms with Gasteiger partial charge < -0.3 is 9.80 Å². The van der Waals surface area contributed by atoms with Crippen molar-refractivity contribution in [1.82, 2.24) is 14.8 Å². The quantitative estimate of drug-likeness (QED) is 0.771. The van der Waals surface area contributed by atoms with Crippen LogP contribution in [0.3, 0.4) is 0 Å². The van der Waals surface area contributed by atoms with E-state index in [1.165, 1.54) is 6.08 Å². The van der Waals surface area contributed by atoms with E-state index in [0.29, 0.717) is 31.7 Å². The van der Waals surface area contributed by atoms with Gasteiger partial charge in [-0.1, -0.05) is 6.58 Å². The van der Waals surface area contributed by atoms with Crippen LogP contribution in [0.25, 0.3) is 0 Å². The minimum atomic E-state index is -0.0868. The Kier molecular flexibility index (Phi) is 4.31. The Bertz CT molecular complexity index is 510. The fraction of sp³-hybridized carbons (Fsp3) is 0.308. The van der Waals surface area contributed by atoms with Crippen LogP contribution < -0.4 is 0 Å². The molecular weight excluding hydrogens is 310 g/mol. The standard InChI is InChI=1S/C13H14BrN3O2/c1-2-12(18)16-3-5-17(6-4-16)13(19)10-7-11(14)9-15-8-10/h2,7-9H,1,3-6H2. The first kappa shape index (κ1) is 13.7. The number of aromatic nitrogens is 1.